The molecule has 0 spiro atoms. The molecule has 1 atom stereocenters. The molecule has 0 aromatic rings. The standard InChI is InChI=1S/C17H33N3O2.HI/c1-18-16(20(2)12-15-6-10-22-13-15)19-14-17(9-11-21-3)7-4-5-8-17;/h15H,4-14H2,1-3H3,(H,18,19);1H. The van der Waals surface area contributed by atoms with Crippen molar-refractivity contribution < 1.29 is 9.47 Å². The molecule has 1 saturated carbocycles. The monoisotopic (exact) mass is 439 g/mol. The fourth-order valence-corrected chi connectivity index (χ4v) is 3.81. The quantitative estimate of drug-likeness (QED) is 0.377. The van der Waals surface area contributed by atoms with Gasteiger partial charge in [0.15, 0.2) is 5.96 Å². The lowest BCUT2D eigenvalue weighted by atomic mass is 9.83. The van der Waals surface area contributed by atoms with E-state index in [0.29, 0.717) is 11.3 Å². The summed E-state index contributed by atoms with van der Waals surface area (Å²) in [5.41, 5.74) is 0.392. The third-order valence-corrected chi connectivity index (χ3v) is 5.25. The highest BCUT2D eigenvalue weighted by atomic mass is 127. The molecule has 1 aliphatic heterocycles. The Morgan fingerprint density at radius 2 is 2.13 bits per heavy atom. The van der Waals surface area contributed by atoms with E-state index in [1.165, 1.54) is 32.1 Å². The third-order valence-electron chi connectivity index (χ3n) is 5.25. The number of halogens is 1. The van der Waals surface area contributed by atoms with Crippen LogP contribution in [0.3, 0.4) is 0 Å². The first-order chi connectivity index (χ1) is 10.7. The van der Waals surface area contributed by atoms with E-state index in [0.717, 1.165) is 45.3 Å². The highest BCUT2D eigenvalue weighted by Crippen LogP contribution is 2.40. The lowest BCUT2D eigenvalue weighted by molar-refractivity contribution is 0.137. The minimum absolute atomic E-state index is 0. The van der Waals surface area contributed by atoms with Crippen LogP contribution in [0.5, 0.6) is 0 Å². The van der Waals surface area contributed by atoms with Gasteiger partial charge in [0.1, 0.15) is 0 Å². The fourth-order valence-electron chi connectivity index (χ4n) is 3.81. The van der Waals surface area contributed by atoms with Crippen molar-refractivity contribution in [2.75, 3.05) is 54.1 Å². The molecule has 0 aromatic heterocycles. The van der Waals surface area contributed by atoms with Gasteiger partial charge in [-0.1, -0.05) is 12.8 Å². The molecule has 1 N–H and O–H groups in total. The summed E-state index contributed by atoms with van der Waals surface area (Å²) in [7, 11) is 5.80. The van der Waals surface area contributed by atoms with Gasteiger partial charge in [-0.2, -0.15) is 0 Å². The van der Waals surface area contributed by atoms with E-state index in [1.807, 2.05) is 7.05 Å². The Balaban J connectivity index is 0.00000264. The summed E-state index contributed by atoms with van der Waals surface area (Å²) in [5.74, 6) is 1.65. The highest BCUT2D eigenvalue weighted by molar-refractivity contribution is 14.0. The second-order valence-electron chi connectivity index (χ2n) is 6.96. The number of nitrogens with zero attached hydrogens (tertiary/aromatic N) is 2. The van der Waals surface area contributed by atoms with Crippen molar-refractivity contribution in [1.82, 2.24) is 10.2 Å². The molecule has 1 saturated heterocycles. The lowest BCUT2D eigenvalue weighted by Crippen LogP contribution is -2.45. The number of hydrogen-bond acceptors (Lipinski definition) is 3. The molecule has 136 valence electrons. The number of guanidine groups is 1. The summed E-state index contributed by atoms with van der Waals surface area (Å²) >= 11 is 0. The van der Waals surface area contributed by atoms with Crippen LogP contribution in [0.15, 0.2) is 4.99 Å². The SMILES string of the molecule is CN=C(NCC1(CCOC)CCCC1)N(C)CC1CCOC1.I. The van der Waals surface area contributed by atoms with Gasteiger partial charge in [0.2, 0.25) is 0 Å². The first-order valence-electron chi connectivity index (χ1n) is 8.67. The molecule has 0 bridgehead atoms. The van der Waals surface area contributed by atoms with Crippen LogP contribution >= 0.6 is 24.0 Å². The molecule has 2 rings (SSSR count). The number of aliphatic imine (C=N–C) groups is 1. The largest absolute Gasteiger partial charge is 0.385 e. The van der Waals surface area contributed by atoms with Crippen LogP contribution < -0.4 is 5.32 Å². The summed E-state index contributed by atoms with van der Waals surface area (Å²) < 4.78 is 10.8. The van der Waals surface area contributed by atoms with Gasteiger partial charge >= 0.3 is 0 Å². The van der Waals surface area contributed by atoms with Crippen LogP contribution in [0, 0.1) is 11.3 Å². The molecule has 1 heterocycles. The zero-order valence-corrected chi connectivity index (χ0v) is 17.3. The molecule has 1 aliphatic carbocycles. The predicted octanol–water partition coefficient (Wildman–Crippen LogP) is 2.75. The number of rotatable bonds is 7. The van der Waals surface area contributed by atoms with Gasteiger partial charge < -0.3 is 19.7 Å². The van der Waals surface area contributed by atoms with Crippen LogP contribution in [0.4, 0.5) is 0 Å². The van der Waals surface area contributed by atoms with E-state index in [-0.39, 0.29) is 24.0 Å². The van der Waals surface area contributed by atoms with Crippen LogP contribution in [-0.2, 0) is 9.47 Å². The second-order valence-corrected chi connectivity index (χ2v) is 6.96. The van der Waals surface area contributed by atoms with Gasteiger partial charge in [0.25, 0.3) is 0 Å². The Morgan fingerprint density at radius 1 is 1.39 bits per heavy atom. The molecule has 0 aromatic carbocycles. The molecule has 2 aliphatic rings. The Hall–Kier alpha value is -0.0800. The van der Waals surface area contributed by atoms with Crippen LogP contribution in [0.1, 0.15) is 38.5 Å². The van der Waals surface area contributed by atoms with Crippen molar-refractivity contribution >= 4 is 29.9 Å². The fraction of sp³-hybridized carbons (Fsp3) is 0.941. The average molecular weight is 439 g/mol. The van der Waals surface area contributed by atoms with Gasteiger partial charge in [-0.25, -0.2) is 0 Å². The first kappa shape index (κ1) is 21.0. The number of methoxy groups -OCH3 is 1. The van der Waals surface area contributed by atoms with E-state index in [2.05, 4.69) is 22.3 Å². The number of nitrogens with one attached hydrogen (secondary N) is 1. The van der Waals surface area contributed by atoms with Gasteiger partial charge in [0.05, 0.1) is 6.61 Å². The second kappa shape index (κ2) is 10.7. The maximum atomic E-state index is 5.47. The van der Waals surface area contributed by atoms with Crippen molar-refractivity contribution in [3.8, 4) is 0 Å². The number of hydrogen-bond donors (Lipinski definition) is 1. The molecule has 0 amide bonds. The maximum Gasteiger partial charge on any atom is 0.193 e. The van der Waals surface area contributed by atoms with Crippen LogP contribution in [0.25, 0.3) is 0 Å². The molecule has 2 fully saturated rings. The van der Waals surface area contributed by atoms with Crippen LogP contribution in [0.2, 0.25) is 0 Å². The Morgan fingerprint density at radius 3 is 2.70 bits per heavy atom. The van der Waals surface area contributed by atoms with Crippen molar-refractivity contribution in [2.24, 2.45) is 16.3 Å². The van der Waals surface area contributed by atoms with E-state index in [1.54, 1.807) is 7.11 Å². The normalized spacial score (nSPS) is 23.6. The summed E-state index contributed by atoms with van der Waals surface area (Å²) in [5, 5.41) is 3.61. The minimum atomic E-state index is 0. The molecule has 0 radical (unpaired) electrons. The minimum Gasteiger partial charge on any atom is -0.385 e. The van der Waals surface area contributed by atoms with Gasteiger partial charge in [-0.15, -0.1) is 24.0 Å². The van der Waals surface area contributed by atoms with Crippen molar-refractivity contribution in [2.45, 2.75) is 38.5 Å². The molecule has 6 heteroatoms. The molecular weight excluding hydrogens is 405 g/mol. The van der Waals surface area contributed by atoms with E-state index in [9.17, 15) is 0 Å². The zero-order valence-electron chi connectivity index (χ0n) is 15.0. The maximum absolute atomic E-state index is 5.47. The predicted molar refractivity (Wildman–Crippen MR) is 106 cm³/mol. The highest BCUT2D eigenvalue weighted by Gasteiger charge is 2.33. The summed E-state index contributed by atoms with van der Waals surface area (Å²) in [6.45, 7) is 4.68. The van der Waals surface area contributed by atoms with Crippen LogP contribution in [-0.4, -0.2) is 65.0 Å². The van der Waals surface area contributed by atoms with Crippen molar-refractivity contribution in [3.05, 3.63) is 0 Å². The average Bonchev–Trinajstić information content (AvgIpc) is 3.18. The molecule has 23 heavy (non-hydrogen) atoms. The van der Waals surface area contributed by atoms with Gasteiger partial charge in [-0.3, -0.25) is 4.99 Å². The molecular formula is C17H34IN3O2. The Kier molecular flexibility index (Phi) is 9.77. The van der Waals surface area contributed by atoms with E-state index in [4.69, 9.17) is 9.47 Å². The zero-order chi connectivity index (χ0) is 15.8. The van der Waals surface area contributed by atoms with E-state index >= 15 is 0 Å². The van der Waals surface area contributed by atoms with Crippen molar-refractivity contribution in [1.29, 1.82) is 0 Å². The topological polar surface area (TPSA) is 46.1 Å². The van der Waals surface area contributed by atoms with Gasteiger partial charge in [-0.05, 0) is 31.1 Å². The van der Waals surface area contributed by atoms with Crippen molar-refractivity contribution in [3.63, 3.8) is 0 Å². The Bertz CT molecular complexity index is 354. The first-order valence-corrected chi connectivity index (χ1v) is 8.67. The van der Waals surface area contributed by atoms with E-state index < -0.39 is 0 Å². The third kappa shape index (κ3) is 6.38. The Labute approximate surface area is 158 Å². The lowest BCUT2D eigenvalue weighted by Gasteiger charge is -2.32. The number of ether oxygens (including phenoxy) is 2. The smallest absolute Gasteiger partial charge is 0.193 e. The van der Waals surface area contributed by atoms with Gasteiger partial charge in [0, 0.05) is 53.4 Å². The molecule has 1 unspecified atom stereocenters. The summed E-state index contributed by atoms with van der Waals surface area (Å²) in [4.78, 5) is 6.71. The summed E-state index contributed by atoms with van der Waals surface area (Å²) in [6, 6.07) is 0. The molecule has 5 nitrogen and oxygen atoms in total. The summed E-state index contributed by atoms with van der Waals surface area (Å²) in [6.07, 6.45) is 7.62.